The average molecular weight is 351 g/mol. The molecule has 0 unspecified atom stereocenters. The molecule has 0 saturated heterocycles. The zero-order valence-corrected chi connectivity index (χ0v) is 15.3. The fraction of sp³-hybridized carbons (Fsp3) is 0.333. The number of rotatable bonds is 8. The molecular weight excluding hydrogens is 326 g/mol. The Bertz CT molecular complexity index is 856. The van der Waals surface area contributed by atoms with Crippen molar-refractivity contribution >= 4 is 16.8 Å². The van der Waals surface area contributed by atoms with Crippen molar-refractivity contribution in [3.8, 4) is 5.75 Å². The number of hydrogen-bond acceptors (Lipinski definition) is 3. The van der Waals surface area contributed by atoms with Crippen molar-refractivity contribution in [2.24, 2.45) is 5.92 Å². The summed E-state index contributed by atoms with van der Waals surface area (Å²) in [7, 11) is 0. The normalized spacial score (nSPS) is 11.0. The number of nitrogens with zero attached hydrogens (tertiary/aromatic N) is 2. The van der Waals surface area contributed by atoms with E-state index in [1.54, 1.807) is 6.20 Å². The van der Waals surface area contributed by atoms with E-state index < -0.39 is 0 Å². The van der Waals surface area contributed by atoms with E-state index in [2.05, 4.69) is 47.0 Å². The first kappa shape index (κ1) is 18.0. The maximum absolute atomic E-state index is 12.0. The summed E-state index contributed by atoms with van der Waals surface area (Å²) in [5, 5.41) is 3.86. The van der Waals surface area contributed by atoms with Gasteiger partial charge in [-0.05, 0) is 42.7 Å². The van der Waals surface area contributed by atoms with Crippen molar-refractivity contribution in [1.29, 1.82) is 0 Å². The molecule has 2 heterocycles. The molecule has 0 saturated carbocycles. The van der Waals surface area contributed by atoms with E-state index in [4.69, 9.17) is 4.74 Å². The minimum absolute atomic E-state index is 0.0108. The zero-order valence-electron chi connectivity index (χ0n) is 15.3. The molecule has 136 valence electrons. The van der Waals surface area contributed by atoms with Gasteiger partial charge in [0.05, 0.1) is 17.8 Å². The van der Waals surface area contributed by atoms with Crippen LogP contribution in [0.5, 0.6) is 5.75 Å². The van der Waals surface area contributed by atoms with E-state index >= 15 is 0 Å². The summed E-state index contributed by atoms with van der Waals surface area (Å²) in [6, 6.07) is 13.6. The highest BCUT2D eigenvalue weighted by molar-refractivity contribution is 5.87. The molecule has 1 N–H and O–H groups in total. The van der Waals surface area contributed by atoms with Crippen LogP contribution in [0.3, 0.4) is 0 Å². The predicted molar refractivity (Wildman–Crippen MR) is 103 cm³/mol. The van der Waals surface area contributed by atoms with Crippen molar-refractivity contribution in [2.45, 2.75) is 33.4 Å². The molecule has 0 bridgehead atoms. The molecule has 3 rings (SSSR count). The maximum Gasteiger partial charge on any atom is 0.258 e. The number of carbonyl (C=O) groups excluding carboxylic acids is 1. The SMILES string of the molecule is CC(C)CCn1ccc2c(OCC(=O)NCc3ccccn3)cccc21. The largest absolute Gasteiger partial charge is 0.483 e. The van der Waals surface area contributed by atoms with E-state index in [0.29, 0.717) is 12.5 Å². The van der Waals surface area contributed by atoms with Gasteiger partial charge in [-0.2, -0.15) is 0 Å². The van der Waals surface area contributed by atoms with E-state index in [1.165, 1.54) is 0 Å². The monoisotopic (exact) mass is 351 g/mol. The lowest BCUT2D eigenvalue weighted by molar-refractivity contribution is -0.123. The van der Waals surface area contributed by atoms with Gasteiger partial charge in [-0.1, -0.05) is 26.0 Å². The van der Waals surface area contributed by atoms with Crippen LogP contribution < -0.4 is 10.1 Å². The smallest absolute Gasteiger partial charge is 0.258 e. The first-order valence-electron chi connectivity index (χ1n) is 9.01. The molecule has 0 spiro atoms. The predicted octanol–water partition coefficient (Wildman–Crippen LogP) is 3.78. The Hall–Kier alpha value is -2.82. The van der Waals surface area contributed by atoms with Crippen LogP contribution in [-0.4, -0.2) is 22.1 Å². The molecule has 0 radical (unpaired) electrons. The summed E-state index contributed by atoms with van der Waals surface area (Å²) in [5.41, 5.74) is 1.96. The summed E-state index contributed by atoms with van der Waals surface area (Å²) in [6.45, 7) is 5.82. The fourth-order valence-electron chi connectivity index (χ4n) is 2.80. The van der Waals surface area contributed by atoms with E-state index in [9.17, 15) is 4.79 Å². The second kappa shape index (κ2) is 8.52. The standard InChI is InChI=1S/C21H25N3O2/c1-16(2)9-12-24-13-10-18-19(24)7-5-8-20(18)26-15-21(25)23-14-17-6-3-4-11-22-17/h3-8,10-11,13,16H,9,12,14-15H2,1-2H3,(H,23,25). The lowest BCUT2D eigenvalue weighted by Crippen LogP contribution is -2.28. The number of aromatic nitrogens is 2. The van der Waals surface area contributed by atoms with Crippen molar-refractivity contribution in [1.82, 2.24) is 14.9 Å². The molecule has 1 amide bonds. The lowest BCUT2D eigenvalue weighted by atomic mass is 10.1. The highest BCUT2D eigenvalue weighted by atomic mass is 16.5. The number of benzene rings is 1. The number of aryl methyl sites for hydroxylation is 1. The number of carbonyl (C=O) groups is 1. The molecule has 5 heteroatoms. The Morgan fingerprint density at radius 3 is 2.85 bits per heavy atom. The molecule has 0 aliphatic heterocycles. The topological polar surface area (TPSA) is 56.1 Å². The van der Waals surface area contributed by atoms with Crippen LogP contribution in [0.4, 0.5) is 0 Å². The Morgan fingerprint density at radius 2 is 2.08 bits per heavy atom. The Morgan fingerprint density at radius 1 is 1.19 bits per heavy atom. The lowest BCUT2D eigenvalue weighted by Gasteiger charge is -2.10. The van der Waals surface area contributed by atoms with E-state index in [0.717, 1.165) is 35.3 Å². The zero-order chi connectivity index (χ0) is 18.4. The van der Waals surface area contributed by atoms with Crippen molar-refractivity contribution in [2.75, 3.05) is 6.61 Å². The van der Waals surface area contributed by atoms with Crippen molar-refractivity contribution < 1.29 is 9.53 Å². The van der Waals surface area contributed by atoms with Crippen LogP contribution in [0.1, 0.15) is 26.0 Å². The third kappa shape index (κ3) is 4.63. The third-order valence-electron chi connectivity index (χ3n) is 4.27. The summed E-state index contributed by atoms with van der Waals surface area (Å²) in [6.07, 6.45) is 4.93. The maximum atomic E-state index is 12.0. The highest BCUT2D eigenvalue weighted by Gasteiger charge is 2.09. The highest BCUT2D eigenvalue weighted by Crippen LogP contribution is 2.27. The van der Waals surface area contributed by atoms with Crippen LogP contribution in [0, 0.1) is 5.92 Å². The van der Waals surface area contributed by atoms with Crippen LogP contribution in [0.25, 0.3) is 10.9 Å². The number of pyridine rings is 1. The van der Waals surface area contributed by atoms with Crippen molar-refractivity contribution in [3.63, 3.8) is 0 Å². The van der Waals surface area contributed by atoms with Crippen LogP contribution >= 0.6 is 0 Å². The number of ether oxygens (including phenoxy) is 1. The van der Waals surface area contributed by atoms with Gasteiger partial charge >= 0.3 is 0 Å². The Balaban J connectivity index is 1.59. The third-order valence-corrected chi connectivity index (χ3v) is 4.27. The van der Waals surface area contributed by atoms with Gasteiger partial charge in [0.25, 0.3) is 5.91 Å². The molecule has 0 aliphatic rings. The minimum atomic E-state index is -0.160. The molecule has 5 nitrogen and oxygen atoms in total. The van der Waals surface area contributed by atoms with E-state index in [-0.39, 0.29) is 12.5 Å². The minimum Gasteiger partial charge on any atom is -0.483 e. The van der Waals surface area contributed by atoms with Gasteiger partial charge < -0.3 is 14.6 Å². The number of amides is 1. The molecule has 26 heavy (non-hydrogen) atoms. The number of nitrogens with one attached hydrogen (secondary N) is 1. The molecule has 3 aromatic rings. The van der Waals surface area contributed by atoms with Gasteiger partial charge in [0, 0.05) is 24.3 Å². The number of fused-ring (bicyclic) bond motifs is 1. The molecular formula is C21H25N3O2. The van der Waals surface area contributed by atoms with Gasteiger partial charge in [-0.15, -0.1) is 0 Å². The Kier molecular flexibility index (Phi) is 5.89. The second-order valence-electron chi connectivity index (χ2n) is 6.77. The fourth-order valence-corrected chi connectivity index (χ4v) is 2.80. The quantitative estimate of drug-likeness (QED) is 0.672. The van der Waals surface area contributed by atoms with Crippen LogP contribution in [0.15, 0.2) is 54.9 Å². The van der Waals surface area contributed by atoms with Crippen LogP contribution in [0.2, 0.25) is 0 Å². The molecule has 0 aliphatic carbocycles. The summed E-state index contributed by atoms with van der Waals surface area (Å²) < 4.78 is 8.00. The molecule has 1 aromatic carbocycles. The van der Waals surface area contributed by atoms with Gasteiger partial charge in [0.2, 0.25) is 0 Å². The molecule has 2 aromatic heterocycles. The Labute approximate surface area is 154 Å². The summed E-state index contributed by atoms with van der Waals surface area (Å²) in [5.74, 6) is 1.24. The number of hydrogen-bond donors (Lipinski definition) is 1. The molecule has 0 fully saturated rings. The first-order chi connectivity index (χ1) is 12.6. The second-order valence-corrected chi connectivity index (χ2v) is 6.77. The summed E-state index contributed by atoms with van der Waals surface area (Å²) >= 11 is 0. The average Bonchev–Trinajstić information content (AvgIpc) is 3.07. The van der Waals surface area contributed by atoms with Gasteiger partial charge in [0.15, 0.2) is 6.61 Å². The molecule has 0 atom stereocenters. The van der Waals surface area contributed by atoms with Gasteiger partial charge in [-0.25, -0.2) is 0 Å². The van der Waals surface area contributed by atoms with Crippen molar-refractivity contribution in [3.05, 3.63) is 60.6 Å². The van der Waals surface area contributed by atoms with E-state index in [1.807, 2.05) is 30.3 Å². The van der Waals surface area contributed by atoms with Gasteiger partial charge in [-0.3, -0.25) is 9.78 Å². The van der Waals surface area contributed by atoms with Gasteiger partial charge in [0.1, 0.15) is 5.75 Å². The van der Waals surface area contributed by atoms with Crippen LogP contribution in [-0.2, 0) is 17.9 Å². The first-order valence-corrected chi connectivity index (χ1v) is 9.01. The summed E-state index contributed by atoms with van der Waals surface area (Å²) in [4.78, 5) is 16.2.